The van der Waals surface area contributed by atoms with Gasteiger partial charge >= 0.3 is 35.7 Å². The number of alkyl halides is 2. The van der Waals surface area contributed by atoms with Gasteiger partial charge in [0.05, 0.1) is 0 Å². The summed E-state index contributed by atoms with van der Waals surface area (Å²) in [4.78, 5) is 8.56. The van der Waals surface area contributed by atoms with Crippen LogP contribution in [-0.4, -0.2) is 23.3 Å². The van der Waals surface area contributed by atoms with E-state index in [1.807, 2.05) is 0 Å². The SMILES string of the molecule is FCF.O=C(O)O.[H-].[Na+]. The van der Waals surface area contributed by atoms with E-state index < -0.39 is 13.1 Å². The van der Waals surface area contributed by atoms with E-state index in [1.54, 1.807) is 0 Å². The largest absolute Gasteiger partial charge is 1.00 e. The number of halogens is 2. The Labute approximate surface area is 68.1 Å². The summed E-state index contributed by atoms with van der Waals surface area (Å²) >= 11 is 0. The van der Waals surface area contributed by atoms with Crippen LogP contribution in [0.4, 0.5) is 13.6 Å². The van der Waals surface area contributed by atoms with Crippen molar-refractivity contribution >= 4 is 6.16 Å². The maximum absolute atomic E-state index is 9.62. The molecule has 0 heterocycles. The van der Waals surface area contributed by atoms with E-state index >= 15 is 0 Å². The van der Waals surface area contributed by atoms with Gasteiger partial charge in [0.25, 0.3) is 0 Å². The predicted octanol–water partition coefficient (Wildman–Crippen LogP) is -1.78. The fraction of sp³-hybridized carbons (Fsp3) is 0.500. The molecule has 0 saturated carbocycles. The molecule has 0 unspecified atom stereocenters. The second kappa shape index (κ2) is 15.7. The first kappa shape index (κ1) is 15.7. The van der Waals surface area contributed by atoms with Crippen LogP contribution in [-0.2, 0) is 0 Å². The van der Waals surface area contributed by atoms with Gasteiger partial charge in [-0.3, -0.25) is 0 Å². The molecule has 0 aromatic rings. The van der Waals surface area contributed by atoms with Gasteiger partial charge in [-0.05, 0) is 0 Å². The van der Waals surface area contributed by atoms with Crippen LogP contribution in [0.15, 0.2) is 0 Å². The third kappa shape index (κ3) is 9550. The minimum absolute atomic E-state index is 0. The first-order valence-electron chi connectivity index (χ1n) is 1.19. The molecule has 0 bridgehead atoms. The number of carbonyl (C=O) groups is 1. The Balaban J connectivity index is -0.0000000233. The van der Waals surface area contributed by atoms with Crippen molar-refractivity contribution in [2.24, 2.45) is 0 Å². The van der Waals surface area contributed by atoms with Gasteiger partial charge in [-0.15, -0.1) is 0 Å². The Kier molecular flexibility index (Phi) is 30.8. The fourth-order valence-electron chi connectivity index (χ4n) is 0. The number of hydrogen-bond donors (Lipinski definition) is 2. The average molecular weight is 138 g/mol. The van der Waals surface area contributed by atoms with Gasteiger partial charge in [0, 0.05) is 0 Å². The van der Waals surface area contributed by atoms with E-state index in [4.69, 9.17) is 15.0 Å². The fourth-order valence-corrected chi connectivity index (χ4v) is 0. The van der Waals surface area contributed by atoms with Crippen molar-refractivity contribution in [3.8, 4) is 0 Å². The van der Waals surface area contributed by atoms with Crippen molar-refractivity contribution in [1.29, 1.82) is 0 Å². The molecule has 3 nitrogen and oxygen atoms in total. The average Bonchev–Trinajstić information content (AvgIpc) is 1.33. The molecule has 0 aromatic heterocycles. The van der Waals surface area contributed by atoms with E-state index in [-0.39, 0.29) is 31.0 Å². The van der Waals surface area contributed by atoms with Gasteiger partial charge in [-0.25, -0.2) is 13.6 Å². The molecule has 0 spiro atoms. The topological polar surface area (TPSA) is 57.5 Å². The Morgan fingerprint density at radius 1 is 1.50 bits per heavy atom. The van der Waals surface area contributed by atoms with E-state index in [2.05, 4.69) is 0 Å². The normalized spacial score (nSPS) is 5.25. The van der Waals surface area contributed by atoms with Gasteiger partial charge in [-0.2, -0.15) is 0 Å². The molecule has 0 aromatic carbocycles. The van der Waals surface area contributed by atoms with Crippen molar-refractivity contribution in [1.82, 2.24) is 0 Å². The Hall–Kier alpha value is 0.130. The zero-order valence-electron chi connectivity index (χ0n) is 5.27. The molecule has 6 heteroatoms. The van der Waals surface area contributed by atoms with Gasteiger partial charge < -0.3 is 11.6 Å². The van der Waals surface area contributed by atoms with Gasteiger partial charge in [0.15, 0.2) is 0 Å². The summed E-state index contributed by atoms with van der Waals surface area (Å²) in [5.74, 6) is 0. The maximum atomic E-state index is 9.62. The molecule has 0 rings (SSSR count). The minimum Gasteiger partial charge on any atom is -1.00 e. The molecule has 0 atom stereocenters. The summed E-state index contributed by atoms with van der Waals surface area (Å²) in [6.07, 6.45) is -1.83. The van der Waals surface area contributed by atoms with Crippen molar-refractivity contribution in [3.63, 3.8) is 0 Å². The number of carboxylic acid groups (broad SMARTS) is 2. The zero-order valence-corrected chi connectivity index (χ0v) is 6.27. The quantitative estimate of drug-likeness (QED) is 0.389. The van der Waals surface area contributed by atoms with Crippen LogP contribution in [0.2, 0.25) is 0 Å². The van der Waals surface area contributed by atoms with Crippen molar-refractivity contribution < 1.29 is 54.8 Å². The van der Waals surface area contributed by atoms with Crippen LogP contribution >= 0.6 is 0 Å². The molecule has 0 aliphatic rings. The first-order chi connectivity index (χ1) is 3.15. The Morgan fingerprint density at radius 2 is 1.50 bits per heavy atom. The third-order valence-electron chi connectivity index (χ3n) is 0. The predicted molar refractivity (Wildman–Crippen MR) is 18.8 cm³/mol. The molecule has 0 fully saturated rings. The van der Waals surface area contributed by atoms with Crippen molar-refractivity contribution in [3.05, 3.63) is 0 Å². The van der Waals surface area contributed by atoms with Gasteiger partial charge in [-0.1, -0.05) is 0 Å². The van der Waals surface area contributed by atoms with E-state index in [9.17, 15) is 8.78 Å². The zero-order chi connectivity index (χ0) is 6.28. The van der Waals surface area contributed by atoms with Crippen molar-refractivity contribution in [2.75, 3.05) is 6.93 Å². The van der Waals surface area contributed by atoms with Crippen LogP contribution in [0.25, 0.3) is 0 Å². The van der Waals surface area contributed by atoms with Crippen LogP contribution in [0.3, 0.4) is 0 Å². The third-order valence-corrected chi connectivity index (χ3v) is 0. The molecule has 0 radical (unpaired) electrons. The monoisotopic (exact) mass is 138 g/mol. The summed E-state index contributed by atoms with van der Waals surface area (Å²) in [5.41, 5.74) is 0. The Morgan fingerprint density at radius 3 is 1.50 bits per heavy atom. The van der Waals surface area contributed by atoms with Gasteiger partial charge in [0.2, 0.25) is 6.93 Å². The second-order valence-electron chi connectivity index (χ2n) is 0.384. The summed E-state index contributed by atoms with van der Waals surface area (Å²) in [6, 6.07) is 0. The molecule has 2 N–H and O–H groups in total. The standard InChI is InChI=1S/CH2F2.CH2O3.Na.H/c2-1-3;2-1(3)4;;/h1H2;(H2,2,3,4);;/q;;+1;-1. The van der Waals surface area contributed by atoms with Crippen LogP contribution in [0.5, 0.6) is 0 Å². The van der Waals surface area contributed by atoms with Crippen LogP contribution in [0, 0.1) is 0 Å². The molecule has 0 aliphatic carbocycles. The first-order valence-corrected chi connectivity index (χ1v) is 1.19. The summed E-state index contributed by atoms with van der Waals surface area (Å²) in [6.45, 7) is -1.75. The second-order valence-corrected chi connectivity index (χ2v) is 0.384. The number of rotatable bonds is 0. The van der Waals surface area contributed by atoms with Crippen LogP contribution < -0.4 is 29.6 Å². The molecule has 8 heavy (non-hydrogen) atoms. The molecule has 0 saturated heterocycles. The van der Waals surface area contributed by atoms with E-state index in [0.717, 1.165) is 0 Å². The summed E-state index contributed by atoms with van der Waals surface area (Å²) in [5, 5.41) is 13.9. The summed E-state index contributed by atoms with van der Waals surface area (Å²) < 4.78 is 19.2. The van der Waals surface area contributed by atoms with E-state index in [0.29, 0.717) is 0 Å². The molecule has 0 aliphatic heterocycles. The molecule has 46 valence electrons. The Bertz CT molecular complexity index is 51.1. The molecular formula is C2H5F2NaO3. The van der Waals surface area contributed by atoms with Crippen molar-refractivity contribution in [2.45, 2.75) is 0 Å². The van der Waals surface area contributed by atoms with E-state index in [1.165, 1.54) is 0 Å². The van der Waals surface area contributed by atoms with Crippen LogP contribution in [0.1, 0.15) is 1.43 Å². The smallest absolute Gasteiger partial charge is 1.00 e. The summed E-state index contributed by atoms with van der Waals surface area (Å²) in [7, 11) is 0. The minimum atomic E-state index is -1.83. The molecular weight excluding hydrogens is 133 g/mol. The number of hydrogen-bond acceptors (Lipinski definition) is 1. The molecule has 0 amide bonds. The maximum Gasteiger partial charge on any atom is 1.00 e. The van der Waals surface area contributed by atoms with Gasteiger partial charge in [0.1, 0.15) is 0 Å².